The second-order valence-electron chi connectivity index (χ2n) is 7.08. The SMILES string of the molecule is C[C@@H](NC(=O)CCC(=O)N[C@@H](Cc1ccccc1C(F)(F)F)C(N)=O)c1ccccc1. The minimum Gasteiger partial charge on any atom is -0.368 e. The summed E-state index contributed by atoms with van der Waals surface area (Å²) in [5, 5.41) is 5.08. The number of rotatable bonds is 9. The standard InChI is InChI=1S/C22H24F3N3O3/c1-14(15-7-3-2-4-8-15)27-19(29)11-12-20(30)28-18(21(26)31)13-16-9-5-6-10-17(16)22(23,24)25/h2-10,14,18H,11-13H2,1H3,(H2,26,31)(H,27,29)(H,28,30)/t14-,18+/m1/s1. The van der Waals surface area contributed by atoms with E-state index in [1.165, 1.54) is 18.2 Å². The Kier molecular flexibility index (Phi) is 8.18. The lowest BCUT2D eigenvalue weighted by Crippen LogP contribution is -2.46. The molecule has 0 heterocycles. The van der Waals surface area contributed by atoms with Gasteiger partial charge >= 0.3 is 6.18 Å². The lowest BCUT2D eigenvalue weighted by Gasteiger charge is -2.19. The Balaban J connectivity index is 1.92. The highest BCUT2D eigenvalue weighted by Crippen LogP contribution is 2.32. The third-order valence-electron chi connectivity index (χ3n) is 4.68. The molecule has 0 aromatic heterocycles. The molecule has 0 radical (unpaired) electrons. The van der Waals surface area contributed by atoms with E-state index in [1.807, 2.05) is 30.3 Å². The van der Waals surface area contributed by atoms with Crippen molar-refractivity contribution >= 4 is 17.7 Å². The zero-order valence-electron chi connectivity index (χ0n) is 16.9. The summed E-state index contributed by atoms with van der Waals surface area (Å²) in [5.41, 5.74) is 5.11. The predicted molar refractivity (Wildman–Crippen MR) is 109 cm³/mol. The minimum absolute atomic E-state index is 0.145. The molecule has 0 saturated carbocycles. The molecule has 4 N–H and O–H groups in total. The summed E-state index contributed by atoms with van der Waals surface area (Å²) in [6.07, 6.45) is -5.39. The Morgan fingerprint density at radius 3 is 2.03 bits per heavy atom. The maximum atomic E-state index is 13.2. The number of hydrogen-bond donors (Lipinski definition) is 3. The van der Waals surface area contributed by atoms with E-state index < -0.39 is 36.0 Å². The number of amides is 3. The number of carbonyl (C=O) groups excluding carboxylic acids is 3. The van der Waals surface area contributed by atoms with Crippen LogP contribution in [0.3, 0.4) is 0 Å². The molecular formula is C22H24F3N3O3. The van der Waals surface area contributed by atoms with Crippen molar-refractivity contribution in [3.8, 4) is 0 Å². The van der Waals surface area contributed by atoms with Crippen LogP contribution in [-0.2, 0) is 27.0 Å². The highest BCUT2D eigenvalue weighted by atomic mass is 19.4. The lowest BCUT2D eigenvalue weighted by molar-refractivity contribution is -0.138. The number of hydrogen-bond acceptors (Lipinski definition) is 3. The summed E-state index contributed by atoms with van der Waals surface area (Å²) in [4.78, 5) is 35.9. The average Bonchev–Trinajstić information content (AvgIpc) is 2.72. The fourth-order valence-corrected chi connectivity index (χ4v) is 3.05. The van der Waals surface area contributed by atoms with E-state index in [0.29, 0.717) is 0 Å². The van der Waals surface area contributed by atoms with Gasteiger partial charge in [0.1, 0.15) is 6.04 Å². The van der Waals surface area contributed by atoms with Crippen molar-refractivity contribution in [1.82, 2.24) is 10.6 Å². The van der Waals surface area contributed by atoms with Crippen molar-refractivity contribution in [1.29, 1.82) is 0 Å². The number of nitrogens with two attached hydrogens (primary N) is 1. The van der Waals surface area contributed by atoms with Crippen molar-refractivity contribution in [2.75, 3.05) is 0 Å². The third-order valence-corrected chi connectivity index (χ3v) is 4.68. The Labute approximate surface area is 178 Å². The number of benzene rings is 2. The molecule has 2 atom stereocenters. The molecule has 3 amide bonds. The molecule has 2 rings (SSSR count). The van der Waals surface area contributed by atoms with E-state index in [0.717, 1.165) is 11.6 Å². The molecule has 0 unspecified atom stereocenters. The van der Waals surface area contributed by atoms with Gasteiger partial charge in [-0.3, -0.25) is 14.4 Å². The van der Waals surface area contributed by atoms with Crippen LogP contribution < -0.4 is 16.4 Å². The quantitative estimate of drug-likeness (QED) is 0.565. The Bertz CT molecular complexity index is 917. The summed E-state index contributed by atoms with van der Waals surface area (Å²) in [6, 6.07) is 12.4. The van der Waals surface area contributed by atoms with E-state index in [4.69, 9.17) is 5.73 Å². The fraction of sp³-hybridized carbons (Fsp3) is 0.318. The molecule has 0 aliphatic carbocycles. The summed E-state index contributed by atoms with van der Waals surface area (Å²) >= 11 is 0. The van der Waals surface area contributed by atoms with E-state index in [2.05, 4.69) is 10.6 Å². The monoisotopic (exact) mass is 435 g/mol. The zero-order chi connectivity index (χ0) is 23.0. The second-order valence-corrected chi connectivity index (χ2v) is 7.08. The van der Waals surface area contributed by atoms with Crippen molar-refractivity contribution in [2.24, 2.45) is 5.73 Å². The van der Waals surface area contributed by atoms with Gasteiger partial charge in [0.25, 0.3) is 0 Å². The zero-order valence-corrected chi connectivity index (χ0v) is 16.9. The topological polar surface area (TPSA) is 101 Å². The smallest absolute Gasteiger partial charge is 0.368 e. The molecule has 31 heavy (non-hydrogen) atoms. The maximum absolute atomic E-state index is 13.2. The van der Waals surface area contributed by atoms with Gasteiger partial charge < -0.3 is 16.4 Å². The molecule has 0 fully saturated rings. The van der Waals surface area contributed by atoms with Gasteiger partial charge in [0.05, 0.1) is 11.6 Å². The second kappa shape index (κ2) is 10.6. The van der Waals surface area contributed by atoms with Gasteiger partial charge in [-0.1, -0.05) is 48.5 Å². The van der Waals surface area contributed by atoms with Gasteiger partial charge in [0.15, 0.2) is 0 Å². The molecule has 2 aromatic rings. The summed E-state index contributed by atoms with van der Waals surface area (Å²) in [6.45, 7) is 1.80. The Morgan fingerprint density at radius 2 is 1.45 bits per heavy atom. The minimum atomic E-state index is -4.60. The maximum Gasteiger partial charge on any atom is 0.416 e. The van der Waals surface area contributed by atoms with E-state index >= 15 is 0 Å². The average molecular weight is 435 g/mol. The van der Waals surface area contributed by atoms with Gasteiger partial charge in [0, 0.05) is 19.3 Å². The first kappa shape index (κ1) is 23.9. The predicted octanol–water partition coefficient (Wildman–Crippen LogP) is 2.88. The van der Waals surface area contributed by atoms with Gasteiger partial charge in [-0.15, -0.1) is 0 Å². The van der Waals surface area contributed by atoms with Crippen LogP contribution in [0.15, 0.2) is 54.6 Å². The molecule has 166 valence electrons. The number of alkyl halides is 3. The van der Waals surface area contributed by atoms with Gasteiger partial charge in [-0.2, -0.15) is 13.2 Å². The molecule has 9 heteroatoms. The van der Waals surface area contributed by atoms with E-state index in [1.54, 1.807) is 6.92 Å². The van der Waals surface area contributed by atoms with Gasteiger partial charge in [-0.25, -0.2) is 0 Å². The van der Waals surface area contributed by atoms with Crippen LogP contribution in [0.5, 0.6) is 0 Å². The number of nitrogens with one attached hydrogen (secondary N) is 2. The normalized spacial score (nSPS) is 13.2. The van der Waals surface area contributed by atoms with Crippen molar-refractivity contribution in [2.45, 2.75) is 44.4 Å². The molecule has 2 aromatic carbocycles. The highest BCUT2D eigenvalue weighted by molar-refractivity contribution is 5.89. The van der Waals surface area contributed by atoms with Crippen LogP contribution in [0.1, 0.15) is 42.5 Å². The Hall–Kier alpha value is -3.36. The summed E-state index contributed by atoms with van der Waals surface area (Å²) in [7, 11) is 0. The van der Waals surface area contributed by atoms with Crippen LogP contribution in [0.2, 0.25) is 0 Å². The van der Waals surface area contributed by atoms with Gasteiger partial charge in [-0.05, 0) is 24.1 Å². The lowest BCUT2D eigenvalue weighted by atomic mass is 9.99. The number of halogens is 3. The molecular weight excluding hydrogens is 411 g/mol. The summed E-state index contributed by atoms with van der Waals surface area (Å²) < 4.78 is 39.5. The molecule has 0 aliphatic rings. The first-order valence-corrected chi connectivity index (χ1v) is 9.66. The van der Waals surface area contributed by atoms with E-state index in [9.17, 15) is 27.6 Å². The van der Waals surface area contributed by atoms with Crippen molar-refractivity contribution < 1.29 is 27.6 Å². The fourth-order valence-electron chi connectivity index (χ4n) is 3.05. The molecule has 0 spiro atoms. The van der Waals surface area contributed by atoms with E-state index in [-0.39, 0.29) is 30.4 Å². The number of primary amides is 1. The molecule has 0 bridgehead atoms. The largest absolute Gasteiger partial charge is 0.416 e. The molecule has 0 aliphatic heterocycles. The van der Waals surface area contributed by atoms with Crippen LogP contribution in [0.25, 0.3) is 0 Å². The van der Waals surface area contributed by atoms with Gasteiger partial charge in [0.2, 0.25) is 17.7 Å². The van der Waals surface area contributed by atoms with Crippen LogP contribution in [0.4, 0.5) is 13.2 Å². The van der Waals surface area contributed by atoms with Crippen LogP contribution in [-0.4, -0.2) is 23.8 Å². The van der Waals surface area contributed by atoms with Crippen LogP contribution in [0, 0.1) is 0 Å². The third kappa shape index (κ3) is 7.44. The molecule has 6 nitrogen and oxygen atoms in total. The first-order valence-electron chi connectivity index (χ1n) is 9.66. The summed E-state index contributed by atoms with van der Waals surface area (Å²) in [5.74, 6) is -1.99. The first-order chi connectivity index (χ1) is 14.6. The van der Waals surface area contributed by atoms with Crippen molar-refractivity contribution in [3.05, 3.63) is 71.3 Å². The highest BCUT2D eigenvalue weighted by Gasteiger charge is 2.34. The van der Waals surface area contributed by atoms with Crippen molar-refractivity contribution in [3.63, 3.8) is 0 Å². The van der Waals surface area contributed by atoms with Crippen LogP contribution >= 0.6 is 0 Å². The Morgan fingerprint density at radius 1 is 0.903 bits per heavy atom. The number of carbonyl (C=O) groups is 3. The molecule has 0 saturated heterocycles.